The number of nitrogens with zero attached hydrogens (tertiary/aromatic N) is 1. The fourth-order valence-corrected chi connectivity index (χ4v) is 2.94. The average Bonchev–Trinajstić information content (AvgIpc) is 2.67. The summed E-state index contributed by atoms with van der Waals surface area (Å²) in [6.07, 6.45) is 2.08. The van der Waals surface area contributed by atoms with Crippen LogP contribution >= 0.6 is 24.0 Å². The molecule has 0 heterocycles. The summed E-state index contributed by atoms with van der Waals surface area (Å²) in [5, 5.41) is 9.47. The number of hydrogen-bond acceptors (Lipinski definition) is 2. The van der Waals surface area contributed by atoms with Crippen molar-refractivity contribution in [2.45, 2.75) is 46.1 Å². The third-order valence-electron chi connectivity index (χ3n) is 4.51. The van der Waals surface area contributed by atoms with Crippen LogP contribution in [-0.4, -0.2) is 25.5 Å². The van der Waals surface area contributed by atoms with Crippen molar-refractivity contribution in [2.75, 3.05) is 18.9 Å². The monoisotopic (exact) mass is 508 g/mol. The molecule has 0 bridgehead atoms. The molecule has 29 heavy (non-hydrogen) atoms. The predicted molar refractivity (Wildman–Crippen MR) is 133 cm³/mol. The van der Waals surface area contributed by atoms with E-state index < -0.39 is 0 Å². The molecule has 0 aliphatic carbocycles. The van der Waals surface area contributed by atoms with Gasteiger partial charge in [0.2, 0.25) is 5.91 Å². The van der Waals surface area contributed by atoms with Gasteiger partial charge < -0.3 is 16.0 Å². The van der Waals surface area contributed by atoms with Crippen LogP contribution in [0.4, 0.5) is 5.69 Å². The average molecular weight is 508 g/mol. The lowest BCUT2D eigenvalue weighted by molar-refractivity contribution is -0.114. The Morgan fingerprint density at radius 1 is 1.03 bits per heavy atom. The minimum atomic E-state index is -0.0681. The predicted octanol–water partition coefficient (Wildman–Crippen LogP) is 4.68. The lowest BCUT2D eigenvalue weighted by atomic mass is 10.0. The quantitative estimate of drug-likeness (QED) is 0.210. The molecule has 0 saturated heterocycles. The number of carbonyl (C=O) groups excluding carboxylic acids is 1. The maximum absolute atomic E-state index is 11.2. The van der Waals surface area contributed by atoms with E-state index in [1.165, 1.54) is 18.1 Å². The van der Waals surface area contributed by atoms with Crippen molar-refractivity contribution < 1.29 is 4.79 Å². The Kier molecular flexibility index (Phi) is 11.3. The summed E-state index contributed by atoms with van der Waals surface area (Å²) >= 11 is 0. The Hall–Kier alpha value is -2.09. The zero-order chi connectivity index (χ0) is 20.4. The SMILES string of the molecule is CN=C(NCCCc1ccc(C(C)C)cc1)NCc1cccc(NC(C)=O)c1.I. The van der Waals surface area contributed by atoms with Crippen molar-refractivity contribution in [2.24, 2.45) is 4.99 Å². The third kappa shape index (κ3) is 9.30. The van der Waals surface area contributed by atoms with Gasteiger partial charge in [-0.3, -0.25) is 9.79 Å². The highest BCUT2D eigenvalue weighted by molar-refractivity contribution is 14.0. The van der Waals surface area contributed by atoms with Crippen LogP contribution in [0.2, 0.25) is 0 Å². The molecule has 0 radical (unpaired) electrons. The number of nitrogens with one attached hydrogen (secondary N) is 3. The standard InChI is InChI=1S/C23H32N4O.HI/c1-17(2)21-12-10-19(11-13-21)8-6-14-25-23(24-4)26-16-20-7-5-9-22(15-20)27-18(3)28;/h5,7,9-13,15,17H,6,8,14,16H2,1-4H3,(H,27,28)(H2,24,25,26);1H. The molecule has 0 spiro atoms. The van der Waals surface area contributed by atoms with Crippen molar-refractivity contribution in [3.8, 4) is 0 Å². The van der Waals surface area contributed by atoms with Crippen molar-refractivity contribution in [3.05, 3.63) is 65.2 Å². The Morgan fingerprint density at radius 3 is 2.38 bits per heavy atom. The van der Waals surface area contributed by atoms with Gasteiger partial charge in [-0.25, -0.2) is 0 Å². The molecule has 5 nitrogen and oxygen atoms in total. The van der Waals surface area contributed by atoms with Gasteiger partial charge in [-0.2, -0.15) is 0 Å². The first-order valence-corrected chi connectivity index (χ1v) is 9.88. The largest absolute Gasteiger partial charge is 0.356 e. The van der Waals surface area contributed by atoms with Gasteiger partial charge >= 0.3 is 0 Å². The van der Waals surface area contributed by atoms with Crippen molar-refractivity contribution in [1.29, 1.82) is 0 Å². The van der Waals surface area contributed by atoms with E-state index in [0.29, 0.717) is 12.5 Å². The number of aryl methyl sites for hydroxylation is 1. The summed E-state index contributed by atoms with van der Waals surface area (Å²) < 4.78 is 0. The van der Waals surface area contributed by atoms with E-state index in [4.69, 9.17) is 0 Å². The first-order valence-electron chi connectivity index (χ1n) is 9.88. The van der Waals surface area contributed by atoms with Gasteiger partial charge in [0.15, 0.2) is 5.96 Å². The number of guanidine groups is 1. The fraction of sp³-hybridized carbons (Fsp3) is 0.391. The Balaban J connectivity index is 0.00000420. The van der Waals surface area contributed by atoms with Crippen LogP contribution in [0.5, 0.6) is 0 Å². The zero-order valence-electron chi connectivity index (χ0n) is 17.8. The van der Waals surface area contributed by atoms with E-state index in [1.54, 1.807) is 7.05 Å². The number of amides is 1. The normalized spacial score (nSPS) is 11.0. The van der Waals surface area contributed by atoms with E-state index in [2.05, 4.69) is 59.1 Å². The molecule has 1 amide bonds. The van der Waals surface area contributed by atoms with E-state index >= 15 is 0 Å². The molecule has 6 heteroatoms. The molecule has 0 saturated carbocycles. The van der Waals surface area contributed by atoms with Gasteiger partial charge in [0.1, 0.15) is 0 Å². The van der Waals surface area contributed by atoms with Crippen LogP contribution in [0, 0.1) is 0 Å². The molecule has 0 fully saturated rings. The molecule has 0 atom stereocenters. The highest BCUT2D eigenvalue weighted by Gasteiger charge is 2.02. The van der Waals surface area contributed by atoms with Gasteiger partial charge in [-0.05, 0) is 47.6 Å². The second-order valence-corrected chi connectivity index (χ2v) is 7.23. The highest BCUT2D eigenvalue weighted by atomic mass is 127. The molecule has 0 aliphatic heterocycles. The third-order valence-corrected chi connectivity index (χ3v) is 4.51. The van der Waals surface area contributed by atoms with Crippen LogP contribution < -0.4 is 16.0 Å². The molecular weight excluding hydrogens is 475 g/mol. The van der Waals surface area contributed by atoms with Gasteiger partial charge in [0, 0.05) is 32.7 Å². The number of aliphatic imine (C=N–C) groups is 1. The van der Waals surface area contributed by atoms with Gasteiger partial charge in [-0.15, -0.1) is 24.0 Å². The Bertz CT molecular complexity index is 788. The van der Waals surface area contributed by atoms with Crippen LogP contribution in [-0.2, 0) is 17.8 Å². The number of halogens is 1. The first kappa shape index (κ1) is 24.9. The lowest BCUT2D eigenvalue weighted by Crippen LogP contribution is -2.37. The van der Waals surface area contributed by atoms with Gasteiger partial charge in [-0.1, -0.05) is 50.2 Å². The smallest absolute Gasteiger partial charge is 0.221 e. The molecular formula is C23H33IN4O. The zero-order valence-corrected chi connectivity index (χ0v) is 20.1. The van der Waals surface area contributed by atoms with Crippen LogP contribution in [0.25, 0.3) is 0 Å². The minimum absolute atomic E-state index is 0. The second kappa shape index (κ2) is 13.2. The second-order valence-electron chi connectivity index (χ2n) is 7.23. The summed E-state index contributed by atoms with van der Waals surface area (Å²) in [6, 6.07) is 16.7. The van der Waals surface area contributed by atoms with E-state index in [1.807, 2.05) is 24.3 Å². The molecule has 2 rings (SSSR count). The summed E-state index contributed by atoms with van der Waals surface area (Å²) in [4.78, 5) is 15.5. The van der Waals surface area contributed by atoms with Crippen LogP contribution in [0.15, 0.2) is 53.5 Å². The van der Waals surface area contributed by atoms with Gasteiger partial charge in [0.25, 0.3) is 0 Å². The number of carbonyl (C=O) groups is 1. The first-order chi connectivity index (χ1) is 13.5. The lowest BCUT2D eigenvalue weighted by Gasteiger charge is -2.13. The Labute approximate surface area is 191 Å². The maximum atomic E-state index is 11.2. The molecule has 0 aromatic heterocycles. The Morgan fingerprint density at radius 2 is 1.76 bits per heavy atom. The van der Waals surface area contributed by atoms with Crippen LogP contribution in [0.1, 0.15) is 49.8 Å². The molecule has 3 N–H and O–H groups in total. The molecule has 0 aliphatic rings. The van der Waals surface area contributed by atoms with E-state index in [9.17, 15) is 4.79 Å². The maximum Gasteiger partial charge on any atom is 0.221 e. The number of anilines is 1. The minimum Gasteiger partial charge on any atom is -0.356 e. The summed E-state index contributed by atoms with van der Waals surface area (Å²) in [6.45, 7) is 7.44. The molecule has 2 aromatic rings. The van der Waals surface area contributed by atoms with E-state index in [-0.39, 0.29) is 29.9 Å². The number of hydrogen-bond donors (Lipinski definition) is 3. The van der Waals surface area contributed by atoms with E-state index in [0.717, 1.165) is 36.6 Å². The number of rotatable bonds is 8. The fourth-order valence-electron chi connectivity index (χ4n) is 2.94. The summed E-state index contributed by atoms with van der Waals surface area (Å²) in [5.74, 6) is 1.28. The molecule has 158 valence electrons. The van der Waals surface area contributed by atoms with Crippen molar-refractivity contribution in [1.82, 2.24) is 10.6 Å². The van der Waals surface area contributed by atoms with Gasteiger partial charge in [0.05, 0.1) is 0 Å². The summed E-state index contributed by atoms with van der Waals surface area (Å²) in [7, 11) is 1.77. The van der Waals surface area contributed by atoms with Crippen LogP contribution in [0.3, 0.4) is 0 Å². The van der Waals surface area contributed by atoms with Crippen molar-refractivity contribution in [3.63, 3.8) is 0 Å². The topological polar surface area (TPSA) is 65.5 Å². The summed E-state index contributed by atoms with van der Waals surface area (Å²) in [5.41, 5.74) is 4.63. The molecule has 0 unspecified atom stereocenters. The number of benzene rings is 2. The highest BCUT2D eigenvalue weighted by Crippen LogP contribution is 2.15. The molecule has 2 aromatic carbocycles. The van der Waals surface area contributed by atoms with Crippen molar-refractivity contribution >= 4 is 41.5 Å².